The van der Waals surface area contributed by atoms with Gasteiger partial charge < -0.3 is 10.1 Å². The van der Waals surface area contributed by atoms with Gasteiger partial charge in [-0.1, -0.05) is 6.42 Å². The van der Waals surface area contributed by atoms with Crippen molar-refractivity contribution in [1.82, 2.24) is 10.2 Å². The SMILES string of the molecule is CNCC1CCCCN1C1CCOC(C)C1. The van der Waals surface area contributed by atoms with Gasteiger partial charge in [0.1, 0.15) is 0 Å². The normalized spacial score (nSPS) is 37.5. The molecule has 3 nitrogen and oxygen atoms in total. The lowest BCUT2D eigenvalue weighted by Gasteiger charge is -2.44. The molecule has 3 atom stereocenters. The molecule has 0 radical (unpaired) electrons. The zero-order chi connectivity index (χ0) is 11.4. The number of nitrogens with one attached hydrogen (secondary N) is 1. The minimum absolute atomic E-state index is 0.455. The molecule has 0 aromatic carbocycles. The van der Waals surface area contributed by atoms with Crippen molar-refractivity contribution in [2.24, 2.45) is 0 Å². The summed E-state index contributed by atoms with van der Waals surface area (Å²) in [5.41, 5.74) is 0. The zero-order valence-electron chi connectivity index (χ0n) is 10.7. The van der Waals surface area contributed by atoms with Crippen LogP contribution in [0.5, 0.6) is 0 Å². The van der Waals surface area contributed by atoms with Gasteiger partial charge in [0.05, 0.1) is 6.10 Å². The van der Waals surface area contributed by atoms with Crippen LogP contribution in [0.1, 0.15) is 39.0 Å². The first-order chi connectivity index (χ1) is 7.81. The summed E-state index contributed by atoms with van der Waals surface area (Å²) in [7, 11) is 2.07. The van der Waals surface area contributed by atoms with Crippen molar-refractivity contribution in [3.8, 4) is 0 Å². The molecule has 2 saturated heterocycles. The molecule has 0 amide bonds. The van der Waals surface area contributed by atoms with E-state index >= 15 is 0 Å². The Morgan fingerprint density at radius 2 is 2.19 bits per heavy atom. The highest BCUT2D eigenvalue weighted by molar-refractivity contribution is 4.86. The summed E-state index contributed by atoms with van der Waals surface area (Å²) in [6.07, 6.45) is 7.06. The zero-order valence-corrected chi connectivity index (χ0v) is 10.7. The van der Waals surface area contributed by atoms with E-state index in [9.17, 15) is 0 Å². The van der Waals surface area contributed by atoms with Crippen molar-refractivity contribution in [1.29, 1.82) is 0 Å². The Balaban J connectivity index is 1.93. The van der Waals surface area contributed by atoms with Gasteiger partial charge in [0.25, 0.3) is 0 Å². The lowest BCUT2D eigenvalue weighted by molar-refractivity contribution is -0.0348. The molecule has 2 rings (SSSR count). The molecule has 16 heavy (non-hydrogen) atoms. The molecule has 1 N–H and O–H groups in total. The van der Waals surface area contributed by atoms with E-state index in [1.165, 1.54) is 38.6 Å². The molecule has 2 fully saturated rings. The van der Waals surface area contributed by atoms with Crippen LogP contribution in [0.4, 0.5) is 0 Å². The average Bonchev–Trinajstić information content (AvgIpc) is 2.30. The molecule has 2 aliphatic heterocycles. The smallest absolute Gasteiger partial charge is 0.0561 e. The van der Waals surface area contributed by atoms with Crippen molar-refractivity contribution in [3.63, 3.8) is 0 Å². The molecular weight excluding hydrogens is 200 g/mol. The molecule has 0 bridgehead atoms. The van der Waals surface area contributed by atoms with Crippen LogP contribution in [0.2, 0.25) is 0 Å². The van der Waals surface area contributed by atoms with Crippen LogP contribution in [0.25, 0.3) is 0 Å². The second-order valence-corrected chi connectivity index (χ2v) is 5.30. The van der Waals surface area contributed by atoms with Crippen LogP contribution in [0.15, 0.2) is 0 Å². The number of ether oxygens (including phenoxy) is 1. The number of nitrogens with zero attached hydrogens (tertiary/aromatic N) is 1. The molecule has 94 valence electrons. The van der Waals surface area contributed by atoms with Gasteiger partial charge >= 0.3 is 0 Å². The van der Waals surface area contributed by atoms with E-state index in [1.54, 1.807) is 0 Å². The maximum atomic E-state index is 5.65. The lowest BCUT2D eigenvalue weighted by atomic mass is 9.94. The van der Waals surface area contributed by atoms with E-state index in [-0.39, 0.29) is 0 Å². The molecule has 0 saturated carbocycles. The Kier molecular flexibility index (Phi) is 4.62. The van der Waals surface area contributed by atoms with Crippen molar-refractivity contribution in [3.05, 3.63) is 0 Å². The first-order valence-corrected chi connectivity index (χ1v) is 6.83. The number of piperidine rings is 1. The number of likely N-dealkylation sites (tertiary alicyclic amines) is 1. The fourth-order valence-corrected chi connectivity index (χ4v) is 3.23. The van der Waals surface area contributed by atoms with Crippen LogP contribution in [-0.4, -0.2) is 49.8 Å². The van der Waals surface area contributed by atoms with Gasteiger partial charge in [0.15, 0.2) is 0 Å². The van der Waals surface area contributed by atoms with Crippen LogP contribution in [0.3, 0.4) is 0 Å². The Labute approximate surface area is 99.5 Å². The van der Waals surface area contributed by atoms with E-state index in [0.717, 1.165) is 25.2 Å². The van der Waals surface area contributed by atoms with Gasteiger partial charge in [-0.05, 0) is 46.2 Å². The molecule has 0 spiro atoms. The maximum Gasteiger partial charge on any atom is 0.0561 e. The Bertz CT molecular complexity index is 208. The van der Waals surface area contributed by atoms with Crippen molar-refractivity contribution in [2.75, 3.05) is 26.7 Å². The predicted molar refractivity (Wildman–Crippen MR) is 66.7 cm³/mol. The van der Waals surface area contributed by atoms with Gasteiger partial charge in [-0.25, -0.2) is 0 Å². The molecule has 2 heterocycles. The molecule has 0 aromatic rings. The average molecular weight is 226 g/mol. The third kappa shape index (κ3) is 2.96. The predicted octanol–water partition coefficient (Wildman–Crippen LogP) is 1.63. The molecule has 3 heteroatoms. The van der Waals surface area contributed by atoms with Crippen LogP contribution < -0.4 is 5.32 Å². The lowest BCUT2D eigenvalue weighted by Crippen LogP contribution is -2.52. The highest BCUT2D eigenvalue weighted by Gasteiger charge is 2.31. The van der Waals surface area contributed by atoms with E-state index < -0.39 is 0 Å². The summed E-state index contributed by atoms with van der Waals surface area (Å²) in [5, 5.41) is 3.34. The van der Waals surface area contributed by atoms with Crippen LogP contribution in [-0.2, 0) is 4.74 Å². The molecule has 3 unspecified atom stereocenters. The third-order valence-corrected chi connectivity index (χ3v) is 4.04. The fourth-order valence-electron chi connectivity index (χ4n) is 3.23. The van der Waals surface area contributed by atoms with Gasteiger partial charge in [-0.15, -0.1) is 0 Å². The van der Waals surface area contributed by atoms with Crippen molar-refractivity contribution < 1.29 is 4.74 Å². The molecule has 0 aliphatic carbocycles. The highest BCUT2D eigenvalue weighted by atomic mass is 16.5. The number of rotatable bonds is 3. The highest BCUT2D eigenvalue weighted by Crippen LogP contribution is 2.26. The second-order valence-electron chi connectivity index (χ2n) is 5.30. The summed E-state index contributed by atoms with van der Waals surface area (Å²) < 4.78 is 5.65. The number of hydrogen-bond acceptors (Lipinski definition) is 3. The van der Waals surface area contributed by atoms with Gasteiger partial charge in [-0.2, -0.15) is 0 Å². The molecule has 2 aliphatic rings. The van der Waals surface area contributed by atoms with Crippen LogP contribution in [0, 0.1) is 0 Å². The van der Waals surface area contributed by atoms with Crippen molar-refractivity contribution in [2.45, 2.75) is 57.2 Å². The minimum Gasteiger partial charge on any atom is -0.378 e. The quantitative estimate of drug-likeness (QED) is 0.791. The molecule has 0 aromatic heterocycles. The summed E-state index contributed by atoms with van der Waals surface area (Å²) in [5.74, 6) is 0. The van der Waals surface area contributed by atoms with Gasteiger partial charge in [0.2, 0.25) is 0 Å². The maximum absolute atomic E-state index is 5.65. The summed E-state index contributed by atoms with van der Waals surface area (Å²) in [6, 6.07) is 1.52. The van der Waals surface area contributed by atoms with E-state index in [1.807, 2.05) is 0 Å². The van der Waals surface area contributed by atoms with Gasteiger partial charge in [0, 0.05) is 25.2 Å². The van der Waals surface area contributed by atoms with E-state index in [2.05, 4.69) is 24.2 Å². The first kappa shape index (κ1) is 12.3. The number of hydrogen-bond donors (Lipinski definition) is 1. The standard InChI is InChI=1S/C13H26N2O/c1-11-9-12(6-8-16-11)15-7-4-3-5-13(15)10-14-2/h11-14H,3-10H2,1-2H3. The second kappa shape index (κ2) is 5.99. The van der Waals surface area contributed by atoms with Gasteiger partial charge in [-0.3, -0.25) is 4.90 Å². The summed E-state index contributed by atoms with van der Waals surface area (Å²) >= 11 is 0. The fraction of sp³-hybridized carbons (Fsp3) is 1.00. The first-order valence-electron chi connectivity index (χ1n) is 6.83. The Morgan fingerprint density at radius 3 is 2.94 bits per heavy atom. The third-order valence-electron chi connectivity index (χ3n) is 4.04. The van der Waals surface area contributed by atoms with E-state index in [4.69, 9.17) is 4.74 Å². The minimum atomic E-state index is 0.455. The molecular formula is C13H26N2O. The van der Waals surface area contributed by atoms with Crippen molar-refractivity contribution >= 4 is 0 Å². The number of likely N-dealkylation sites (N-methyl/N-ethyl adjacent to an activating group) is 1. The monoisotopic (exact) mass is 226 g/mol. The van der Waals surface area contributed by atoms with Crippen LogP contribution >= 0.6 is 0 Å². The topological polar surface area (TPSA) is 24.5 Å². The Hall–Kier alpha value is -0.120. The van der Waals surface area contributed by atoms with E-state index in [0.29, 0.717) is 6.10 Å². The Morgan fingerprint density at radius 1 is 1.31 bits per heavy atom. The largest absolute Gasteiger partial charge is 0.378 e. The summed E-state index contributed by atoms with van der Waals surface area (Å²) in [4.78, 5) is 2.75. The summed E-state index contributed by atoms with van der Waals surface area (Å²) in [6.45, 7) is 5.60.